The monoisotopic (exact) mass is 222 g/mol. The first-order valence-corrected chi connectivity index (χ1v) is 4.59. The molecule has 0 aliphatic carbocycles. The Morgan fingerprint density at radius 3 is 3.00 bits per heavy atom. The van der Waals surface area contributed by atoms with Crippen LogP contribution in [0.3, 0.4) is 0 Å². The van der Waals surface area contributed by atoms with Crippen molar-refractivity contribution in [1.29, 1.82) is 0 Å². The van der Waals surface area contributed by atoms with Crippen LogP contribution in [0.1, 0.15) is 18.2 Å². The smallest absolute Gasteiger partial charge is 0.320 e. The van der Waals surface area contributed by atoms with Crippen molar-refractivity contribution in [2.45, 2.75) is 18.5 Å². The third kappa shape index (κ3) is 1.70. The fraction of sp³-hybridized carbons (Fsp3) is 0.375. The molecule has 16 heavy (non-hydrogen) atoms. The second kappa shape index (κ2) is 3.81. The lowest BCUT2D eigenvalue weighted by Crippen LogP contribution is -2.31. The van der Waals surface area contributed by atoms with Gasteiger partial charge >= 0.3 is 5.97 Å². The molecule has 2 rings (SSSR count). The number of hydrogen-bond donors (Lipinski definition) is 3. The van der Waals surface area contributed by atoms with Gasteiger partial charge in [-0.05, 0) is 0 Å². The lowest BCUT2D eigenvalue weighted by molar-refractivity contribution is -0.138. The summed E-state index contributed by atoms with van der Waals surface area (Å²) in [5.41, 5.74) is 11.9. The third-order valence-electron chi connectivity index (χ3n) is 2.29. The maximum absolute atomic E-state index is 10.6. The molecule has 0 aromatic carbocycles. The summed E-state index contributed by atoms with van der Waals surface area (Å²) in [6.45, 7) is 0. The number of nitrogens with two attached hydrogens (primary N) is 2. The van der Waals surface area contributed by atoms with Gasteiger partial charge in [0.15, 0.2) is 11.5 Å². The number of nitrogens with zero attached hydrogens (tertiary/aromatic N) is 4. The van der Waals surface area contributed by atoms with Crippen LogP contribution in [-0.2, 0) is 4.79 Å². The zero-order valence-electron chi connectivity index (χ0n) is 8.24. The standard InChI is InChI=1S/C8H10N6O2/c9-3(8(15)16)1-4-5-6(14-13-4)7(10)12-2-11-5/h2-4H,1,9H2,(H,15,16)(H2,10,11,12). The van der Waals surface area contributed by atoms with Gasteiger partial charge in [0.25, 0.3) is 0 Å². The summed E-state index contributed by atoms with van der Waals surface area (Å²) in [6.07, 6.45) is 1.44. The predicted molar refractivity (Wildman–Crippen MR) is 53.9 cm³/mol. The van der Waals surface area contributed by atoms with Crippen molar-refractivity contribution in [3.8, 4) is 0 Å². The van der Waals surface area contributed by atoms with Gasteiger partial charge in [0.1, 0.15) is 24.1 Å². The van der Waals surface area contributed by atoms with E-state index in [4.69, 9.17) is 16.6 Å². The highest BCUT2D eigenvalue weighted by Gasteiger charge is 2.28. The largest absolute Gasteiger partial charge is 0.480 e. The highest BCUT2D eigenvalue weighted by atomic mass is 16.4. The van der Waals surface area contributed by atoms with E-state index in [0.29, 0.717) is 11.4 Å². The van der Waals surface area contributed by atoms with Gasteiger partial charge < -0.3 is 16.6 Å². The van der Waals surface area contributed by atoms with Crippen molar-refractivity contribution < 1.29 is 9.90 Å². The molecule has 0 fully saturated rings. The minimum absolute atomic E-state index is 0.141. The van der Waals surface area contributed by atoms with E-state index in [9.17, 15) is 4.79 Å². The number of nitrogen functional groups attached to an aromatic ring is 1. The molecule has 2 heterocycles. The molecule has 0 saturated carbocycles. The van der Waals surface area contributed by atoms with Gasteiger partial charge in [0.2, 0.25) is 0 Å². The fourth-order valence-corrected chi connectivity index (χ4v) is 1.44. The van der Waals surface area contributed by atoms with E-state index in [1.54, 1.807) is 0 Å². The fourth-order valence-electron chi connectivity index (χ4n) is 1.44. The van der Waals surface area contributed by atoms with Crippen LogP contribution in [-0.4, -0.2) is 27.1 Å². The molecule has 0 radical (unpaired) electrons. The average Bonchev–Trinajstić information content (AvgIpc) is 2.63. The van der Waals surface area contributed by atoms with E-state index in [0.717, 1.165) is 0 Å². The molecule has 0 bridgehead atoms. The van der Waals surface area contributed by atoms with Crippen molar-refractivity contribution in [2.24, 2.45) is 16.0 Å². The van der Waals surface area contributed by atoms with E-state index >= 15 is 0 Å². The first-order chi connectivity index (χ1) is 7.59. The Balaban J connectivity index is 2.21. The Morgan fingerprint density at radius 1 is 1.56 bits per heavy atom. The summed E-state index contributed by atoms with van der Waals surface area (Å²) in [5, 5.41) is 16.4. The molecule has 1 aromatic heterocycles. The van der Waals surface area contributed by atoms with Crippen molar-refractivity contribution in [3.63, 3.8) is 0 Å². The second-order valence-electron chi connectivity index (χ2n) is 3.40. The zero-order valence-corrected chi connectivity index (χ0v) is 8.24. The van der Waals surface area contributed by atoms with Gasteiger partial charge in [-0.15, -0.1) is 5.11 Å². The minimum Gasteiger partial charge on any atom is -0.480 e. The first kappa shape index (κ1) is 10.4. The Morgan fingerprint density at radius 2 is 2.31 bits per heavy atom. The van der Waals surface area contributed by atoms with Crippen molar-refractivity contribution in [3.05, 3.63) is 12.0 Å². The molecule has 2 unspecified atom stereocenters. The molecular formula is C8H10N6O2. The molecule has 0 spiro atoms. The molecule has 8 heteroatoms. The third-order valence-corrected chi connectivity index (χ3v) is 2.29. The van der Waals surface area contributed by atoms with E-state index in [2.05, 4.69) is 20.2 Å². The van der Waals surface area contributed by atoms with Crippen LogP contribution in [0.4, 0.5) is 11.5 Å². The number of aliphatic carboxylic acids is 1. The van der Waals surface area contributed by atoms with E-state index in [1.165, 1.54) is 6.33 Å². The van der Waals surface area contributed by atoms with Crippen molar-refractivity contribution in [2.75, 3.05) is 5.73 Å². The topological polar surface area (TPSA) is 140 Å². The molecule has 0 amide bonds. The van der Waals surface area contributed by atoms with Gasteiger partial charge in [-0.1, -0.05) is 0 Å². The van der Waals surface area contributed by atoms with Crippen LogP contribution in [0.2, 0.25) is 0 Å². The molecule has 1 aliphatic rings. The predicted octanol–water partition coefficient (Wildman–Crippen LogP) is -0.000800. The Kier molecular flexibility index (Phi) is 2.49. The first-order valence-electron chi connectivity index (χ1n) is 4.59. The molecule has 2 atom stereocenters. The summed E-state index contributed by atoms with van der Waals surface area (Å²) >= 11 is 0. The number of carboxylic acids is 1. The Hall–Kier alpha value is -2.09. The van der Waals surface area contributed by atoms with Crippen LogP contribution >= 0.6 is 0 Å². The van der Waals surface area contributed by atoms with E-state index in [1.807, 2.05) is 0 Å². The van der Waals surface area contributed by atoms with E-state index < -0.39 is 18.1 Å². The van der Waals surface area contributed by atoms with Gasteiger partial charge in [0.05, 0.1) is 0 Å². The Labute approximate surface area is 90.4 Å². The second-order valence-corrected chi connectivity index (χ2v) is 3.40. The van der Waals surface area contributed by atoms with Gasteiger partial charge in [-0.3, -0.25) is 4.79 Å². The molecular weight excluding hydrogens is 212 g/mol. The summed E-state index contributed by atoms with van der Waals surface area (Å²) in [6, 6.07) is -1.45. The number of fused-ring (bicyclic) bond motifs is 1. The molecule has 8 nitrogen and oxygen atoms in total. The van der Waals surface area contributed by atoms with E-state index in [-0.39, 0.29) is 12.2 Å². The lowest BCUT2D eigenvalue weighted by Gasteiger charge is -2.10. The maximum Gasteiger partial charge on any atom is 0.320 e. The molecule has 1 aliphatic heterocycles. The number of azo groups is 1. The number of aromatic nitrogens is 2. The normalized spacial score (nSPS) is 19.4. The number of carboxylic acid groups (broad SMARTS) is 1. The van der Waals surface area contributed by atoms with Gasteiger partial charge in [-0.2, -0.15) is 5.11 Å². The number of carbonyl (C=O) groups is 1. The molecule has 0 saturated heterocycles. The highest BCUT2D eigenvalue weighted by molar-refractivity contribution is 5.73. The quantitative estimate of drug-likeness (QED) is 0.657. The van der Waals surface area contributed by atoms with Crippen LogP contribution < -0.4 is 11.5 Å². The molecule has 1 aromatic rings. The number of rotatable bonds is 3. The molecule has 84 valence electrons. The Bertz CT molecular complexity index is 460. The summed E-state index contributed by atoms with van der Waals surface area (Å²) in [5.74, 6) is -0.842. The van der Waals surface area contributed by atoms with Gasteiger partial charge in [0, 0.05) is 6.42 Å². The highest BCUT2D eigenvalue weighted by Crippen LogP contribution is 2.38. The molecule has 5 N–H and O–H groups in total. The zero-order chi connectivity index (χ0) is 11.7. The van der Waals surface area contributed by atoms with Gasteiger partial charge in [-0.25, -0.2) is 9.97 Å². The SMILES string of the molecule is Nc1ncnc2c1N=NC2CC(N)C(=O)O. The van der Waals surface area contributed by atoms with Crippen molar-refractivity contribution in [1.82, 2.24) is 9.97 Å². The van der Waals surface area contributed by atoms with Crippen LogP contribution in [0.25, 0.3) is 0 Å². The lowest BCUT2D eigenvalue weighted by atomic mass is 10.1. The van der Waals surface area contributed by atoms with Crippen molar-refractivity contribution >= 4 is 17.5 Å². The van der Waals surface area contributed by atoms with Crippen LogP contribution in [0, 0.1) is 0 Å². The van der Waals surface area contributed by atoms with Crippen LogP contribution in [0.15, 0.2) is 16.6 Å². The van der Waals surface area contributed by atoms with Crippen LogP contribution in [0.5, 0.6) is 0 Å². The summed E-state index contributed by atoms with van der Waals surface area (Å²) < 4.78 is 0. The number of hydrogen-bond acceptors (Lipinski definition) is 7. The average molecular weight is 222 g/mol. The number of anilines is 1. The minimum atomic E-state index is -1.08. The maximum atomic E-state index is 10.6. The summed E-state index contributed by atoms with van der Waals surface area (Å²) in [7, 11) is 0. The summed E-state index contributed by atoms with van der Waals surface area (Å²) in [4.78, 5) is 18.4.